The largest absolute Gasteiger partial charge is 0.490 e. The third kappa shape index (κ3) is 4.85. The second-order valence-electron chi connectivity index (χ2n) is 3.81. The van der Waals surface area contributed by atoms with Gasteiger partial charge in [0.1, 0.15) is 6.61 Å². The molecule has 0 atom stereocenters. The Kier molecular flexibility index (Phi) is 6.85. The standard InChI is InChI=1S/C14H17F3O2/c1-2-3-9-18-11-6-7-12(14(17)13(11)16)19-10-5-4-8-15/h2-3,6-7H,4-5,8-10H2,1H3/b3-2+. The smallest absolute Gasteiger partial charge is 0.204 e. The lowest BCUT2D eigenvalue weighted by Gasteiger charge is -2.10. The molecule has 0 N–H and O–H groups in total. The number of ether oxygens (including phenoxy) is 2. The van der Waals surface area contributed by atoms with Crippen molar-refractivity contribution in [2.75, 3.05) is 19.9 Å². The van der Waals surface area contributed by atoms with E-state index in [0.717, 1.165) is 0 Å². The minimum atomic E-state index is -1.08. The first-order chi connectivity index (χ1) is 9.20. The molecule has 0 unspecified atom stereocenters. The molecule has 1 rings (SSSR count). The van der Waals surface area contributed by atoms with E-state index in [1.807, 2.05) is 0 Å². The molecule has 0 aliphatic rings. The van der Waals surface area contributed by atoms with E-state index in [1.54, 1.807) is 19.1 Å². The lowest BCUT2D eigenvalue weighted by molar-refractivity contribution is 0.273. The molecule has 0 fully saturated rings. The highest BCUT2D eigenvalue weighted by molar-refractivity contribution is 5.35. The van der Waals surface area contributed by atoms with Crippen molar-refractivity contribution >= 4 is 0 Å². The van der Waals surface area contributed by atoms with E-state index in [0.29, 0.717) is 12.8 Å². The summed E-state index contributed by atoms with van der Waals surface area (Å²) in [6, 6.07) is 2.62. The van der Waals surface area contributed by atoms with Crippen molar-refractivity contribution in [2.45, 2.75) is 19.8 Å². The summed E-state index contributed by atoms with van der Waals surface area (Å²) < 4.78 is 49.2. The van der Waals surface area contributed by atoms with Gasteiger partial charge in [-0.2, -0.15) is 8.78 Å². The van der Waals surface area contributed by atoms with E-state index < -0.39 is 18.3 Å². The molecule has 1 aromatic carbocycles. The summed E-state index contributed by atoms with van der Waals surface area (Å²) in [5.74, 6) is -2.51. The molecule has 0 radical (unpaired) electrons. The van der Waals surface area contributed by atoms with Gasteiger partial charge < -0.3 is 9.47 Å². The zero-order chi connectivity index (χ0) is 14.1. The van der Waals surface area contributed by atoms with Crippen LogP contribution in [0.3, 0.4) is 0 Å². The van der Waals surface area contributed by atoms with Gasteiger partial charge in [-0.3, -0.25) is 4.39 Å². The van der Waals surface area contributed by atoms with Crippen LogP contribution in [0.15, 0.2) is 24.3 Å². The fraction of sp³-hybridized carbons (Fsp3) is 0.429. The Labute approximate surface area is 110 Å². The lowest BCUT2D eigenvalue weighted by Crippen LogP contribution is -2.03. The molecule has 0 saturated heterocycles. The quantitative estimate of drug-likeness (QED) is 0.526. The highest BCUT2D eigenvalue weighted by atomic mass is 19.2. The normalized spacial score (nSPS) is 10.9. The van der Waals surface area contributed by atoms with Gasteiger partial charge in [-0.25, -0.2) is 0 Å². The van der Waals surface area contributed by atoms with Crippen LogP contribution in [0.1, 0.15) is 19.8 Å². The Bertz CT molecular complexity index is 419. The molecule has 0 amide bonds. The van der Waals surface area contributed by atoms with Crippen LogP contribution in [-0.4, -0.2) is 19.9 Å². The summed E-state index contributed by atoms with van der Waals surface area (Å²) >= 11 is 0. The second-order valence-corrected chi connectivity index (χ2v) is 3.81. The number of alkyl halides is 1. The van der Waals surface area contributed by atoms with Gasteiger partial charge in [0.05, 0.1) is 13.3 Å². The molecule has 0 spiro atoms. The van der Waals surface area contributed by atoms with Crippen LogP contribution < -0.4 is 9.47 Å². The van der Waals surface area contributed by atoms with Gasteiger partial charge in [-0.15, -0.1) is 0 Å². The molecular formula is C14H17F3O2. The number of unbranched alkanes of at least 4 members (excludes halogenated alkanes) is 1. The molecule has 0 aliphatic carbocycles. The minimum absolute atomic E-state index is 0.152. The highest BCUT2D eigenvalue weighted by Gasteiger charge is 2.15. The minimum Gasteiger partial charge on any atom is -0.490 e. The predicted octanol–water partition coefficient (Wildman–Crippen LogP) is 4.05. The summed E-state index contributed by atoms with van der Waals surface area (Å²) in [5, 5.41) is 0. The van der Waals surface area contributed by atoms with Crippen LogP contribution in [0.5, 0.6) is 11.5 Å². The van der Waals surface area contributed by atoms with Crippen molar-refractivity contribution in [1.82, 2.24) is 0 Å². The summed E-state index contributed by atoms with van der Waals surface area (Å²) in [7, 11) is 0. The molecule has 5 heteroatoms. The van der Waals surface area contributed by atoms with Crippen LogP contribution in [0.2, 0.25) is 0 Å². The molecule has 0 heterocycles. The van der Waals surface area contributed by atoms with Crippen LogP contribution in [0.25, 0.3) is 0 Å². The van der Waals surface area contributed by atoms with E-state index >= 15 is 0 Å². The maximum absolute atomic E-state index is 13.6. The summed E-state index contributed by atoms with van der Waals surface area (Å²) in [6.45, 7) is 1.68. The number of allylic oxidation sites excluding steroid dienone is 1. The van der Waals surface area contributed by atoms with E-state index in [2.05, 4.69) is 0 Å². The van der Waals surface area contributed by atoms with Crippen molar-refractivity contribution in [2.24, 2.45) is 0 Å². The number of halogens is 3. The summed E-state index contributed by atoms with van der Waals surface area (Å²) in [6.07, 6.45) is 4.22. The number of benzene rings is 1. The summed E-state index contributed by atoms with van der Waals surface area (Å²) in [5.41, 5.74) is 0. The van der Waals surface area contributed by atoms with Gasteiger partial charge in [0.2, 0.25) is 11.6 Å². The molecule has 1 aromatic rings. The third-order valence-corrected chi connectivity index (χ3v) is 2.37. The van der Waals surface area contributed by atoms with Crippen molar-refractivity contribution in [3.63, 3.8) is 0 Å². The molecule has 2 nitrogen and oxygen atoms in total. The van der Waals surface area contributed by atoms with Gasteiger partial charge in [0.15, 0.2) is 11.5 Å². The average molecular weight is 274 g/mol. The topological polar surface area (TPSA) is 18.5 Å². The highest BCUT2D eigenvalue weighted by Crippen LogP contribution is 2.27. The monoisotopic (exact) mass is 274 g/mol. The van der Waals surface area contributed by atoms with Crippen LogP contribution in [0.4, 0.5) is 13.2 Å². The average Bonchev–Trinajstić information content (AvgIpc) is 2.42. The molecular weight excluding hydrogens is 257 g/mol. The van der Waals surface area contributed by atoms with Gasteiger partial charge >= 0.3 is 0 Å². The predicted molar refractivity (Wildman–Crippen MR) is 67.4 cm³/mol. The van der Waals surface area contributed by atoms with E-state index in [9.17, 15) is 13.2 Å². The molecule has 0 aromatic heterocycles. The SMILES string of the molecule is C/C=C/COc1ccc(OCCCCF)c(F)c1F. The first-order valence-corrected chi connectivity index (χ1v) is 6.11. The Balaban J connectivity index is 2.63. The van der Waals surface area contributed by atoms with E-state index in [-0.39, 0.29) is 24.7 Å². The number of rotatable bonds is 8. The molecule has 0 saturated carbocycles. The first-order valence-electron chi connectivity index (χ1n) is 6.11. The van der Waals surface area contributed by atoms with Gasteiger partial charge in [0, 0.05) is 0 Å². The first kappa shape index (κ1) is 15.4. The van der Waals surface area contributed by atoms with Crippen molar-refractivity contribution in [3.8, 4) is 11.5 Å². The van der Waals surface area contributed by atoms with Gasteiger partial charge in [0.25, 0.3) is 0 Å². The fourth-order valence-corrected chi connectivity index (χ4v) is 1.35. The Morgan fingerprint density at radius 3 is 2.26 bits per heavy atom. The van der Waals surface area contributed by atoms with Crippen LogP contribution in [-0.2, 0) is 0 Å². The molecule has 0 bridgehead atoms. The van der Waals surface area contributed by atoms with Gasteiger partial charge in [-0.05, 0) is 31.9 Å². The molecule has 106 valence electrons. The molecule has 0 aliphatic heterocycles. The van der Waals surface area contributed by atoms with Crippen molar-refractivity contribution in [1.29, 1.82) is 0 Å². The Morgan fingerprint density at radius 2 is 1.68 bits per heavy atom. The maximum atomic E-state index is 13.6. The Hall–Kier alpha value is -1.65. The van der Waals surface area contributed by atoms with Crippen molar-refractivity contribution in [3.05, 3.63) is 35.9 Å². The molecule has 19 heavy (non-hydrogen) atoms. The zero-order valence-corrected chi connectivity index (χ0v) is 10.8. The number of hydrogen-bond acceptors (Lipinski definition) is 2. The van der Waals surface area contributed by atoms with Crippen LogP contribution >= 0.6 is 0 Å². The van der Waals surface area contributed by atoms with Crippen molar-refractivity contribution < 1.29 is 22.6 Å². The fourth-order valence-electron chi connectivity index (χ4n) is 1.35. The summed E-state index contributed by atoms with van der Waals surface area (Å²) in [4.78, 5) is 0. The van der Waals surface area contributed by atoms with E-state index in [4.69, 9.17) is 9.47 Å². The van der Waals surface area contributed by atoms with E-state index in [1.165, 1.54) is 12.1 Å². The zero-order valence-electron chi connectivity index (χ0n) is 10.8. The second kappa shape index (κ2) is 8.45. The number of hydrogen-bond donors (Lipinski definition) is 0. The van der Waals surface area contributed by atoms with Crippen LogP contribution in [0, 0.1) is 11.6 Å². The maximum Gasteiger partial charge on any atom is 0.204 e. The third-order valence-electron chi connectivity index (χ3n) is 2.37. The Morgan fingerprint density at radius 1 is 1.05 bits per heavy atom. The van der Waals surface area contributed by atoms with Gasteiger partial charge in [-0.1, -0.05) is 12.2 Å². The lowest BCUT2D eigenvalue weighted by atomic mass is 10.3.